The first kappa shape index (κ1) is 23.1. The molecule has 9 heteroatoms. The van der Waals surface area contributed by atoms with E-state index in [-0.39, 0.29) is 24.3 Å². The quantitative estimate of drug-likeness (QED) is 0.519. The molecule has 1 spiro atoms. The summed E-state index contributed by atoms with van der Waals surface area (Å²) >= 11 is 0. The molecule has 2 fully saturated rings. The van der Waals surface area contributed by atoms with Gasteiger partial charge in [-0.25, -0.2) is 13.6 Å². The van der Waals surface area contributed by atoms with Crippen LogP contribution in [0.4, 0.5) is 25.0 Å². The predicted molar refractivity (Wildman–Crippen MR) is 124 cm³/mol. The van der Waals surface area contributed by atoms with Crippen LogP contribution in [0.1, 0.15) is 54.4 Å². The van der Waals surface area contributed by atoms with Gasteiger partial charge in [0.25, 0.3) is 5.91 Å². The van der Waals surface area contributed by atoms with E-state index in [1.165, 1.54) is 0 Å². The molecule has 7 nitrogen and oxygen atoms in total. The highest BCUT2D eigenvalue weighted by Crippen LogP contribution is 2.41. The maximum absolute atomic E-state index is 13.6. The molecule has 3 aliphatic rings. The lowest BCUT2D eigenvalue weighted by atomic mass is 9.80. The van der Waals surface area contributed by atoms with Crippen molar-refractivity contribution in [1.29, 1.82) is 0 Å². The summed E-state index contributed by atoms with van der Waals surface area (Å²) in [5.41, 5.74) is 1.44. The van der Waals surface area contributed by atoms with Gasteiger partial charge in [0.05, 0.1) is 12.2 Å². The second kappa shape index (κ2) is 8.55. The van der Waals surface area contributed by atoms with Crippen LogP contribution in [-0.4, -0.2) is 46.5 Å². The van der Waals surface area contributed by atoms with E-state index >= 15 is 0 Å². The largest absolute Gasteiger partial charge is 0.325 e. The lowest BCUT2D eigenvalue weighted by Gasteiger charge is -2.34. The summed E-state index contributed by atoms with van der Waals surface area (Å²) in [7, 11) is 0. The molecular weight excluding hydrogens is 456 g/mol. The number of imide groups is 1. The van der Waals surface area contributed by atoms with Crippen LogP contribution in [0.25, 0.3) is 0 Å². The molecule has 2 aliphatic heterocycles. The average molecular weight is 481 g/mol. The van der Waals surface area contributed by atoms with Gasteiger partial charge in [-0.3, -0.25) is 24.2 Å². The molecule has 0 bridgehead atoms. The molecule has 2 heterocycles. The smallest absolute Gasteiger partial charge is 0.323 e. The van der Waals surface area contributed by atoms with E-state index in [1.54, 1.807) is 29.2 Å². The van der Waals surface area contributed by atoms with Crippen LogP contribution in [-0.2, 0) is 16.0 Å². The summed E-state index contributed by atoms with van der Waals surface area (Å²) in [6, 6.07) is 13.4. The molecule has 1 saturated heterocycles. The van der Waals surface area contributed by atoms with Gasteiger partial charge in [0.2, 0.25) is 11.8 Å². The number of aryl methyl sites for hydroxylation is 1. The van der Waals surface area contributed by atoms with Crippen molar-refractivity contribution < 1.29 is 28.0 Å². The summed E-state index contributed by atoms with van der Waals surface area (Å²) in [6.45, 7) is -0.479. The van der Waals surface area contributed by atoms with E-state index in [0.717, 1.165) is 29.0 Å². The van der Waals surface area contributed by atoms with Crippen molar-refractivity contribution in [1.82, 2.24) is 10.2 Å². The number of Topliss-reactive ketones (excluding diaryl/α,β-unsaturated/α-hetero) is 1. The molecule has 0 aromatic heterocycles. The summed E-state index contributed by atoms with van der Waals surface area (Å²) in [4.78, 5) is 53.5. The fourth-order valence-electron chi connectivity index (χ4n) is 5.13. The average Bonchev–Trinajstić information content (AvgIpc) is 2.96. The number of anilines is 2. The first-order chi connectivity index (χ1) is 16.7. The van der Waals surface area contributed by atoms with Crippen LogP contribution < -0.4 is 10.2 Å². The van der Waals surface area contributed by atoms with Gasteiger partial charge in [0.1, 0.15) is 5.54 Å². The Morgan fingerprint density at radius 1 is 0.914 bits per heavy atom. The second-order valence-corrected chi connectivity index (χ2v) is 9.44. The first-order valence-corrected chi connectivity index (χ1v) is 11.8. The van der Waals surface area contributed by atoms with Crippen LogP contribution in [0, 0.1) is 0 Å². The van der Waals surface area contributed by atoms with E-state index in [2.05, 4.69) is 5.32 Å². The first-order valence-electron chi connectivity index (χ1n) is 11.8. The maximum atomic E-state index is 13.6. The van der Waals surface area contributed by atoms with Crippen molar-refractivity contribution in [2.24, 2.45) is 0 Å². The molecule has 1 saturated carbocycles. The number of ketones is 1. The number of nitrogens with one attached hydrogen (secondary N) is 1. The number of carbonyl (C=O) groups excluding carboxylic acids is 4. The zero-order valence-electron chi connectivity index (χ0n) is 19.1. The fraction of sp³-hybridized carbons (Fsp3) is 0.385. The lowest BCUT2D eigenvalue weighted by molar-refractivity contribution is -0.135. The summed E-state index contributed by atoms with van der Waals surface area (Å²) in [5, 5.41) is 2.54. The molecule has 2 aromatic carbocycles. The maximum Gasteiger partial charge on any atom is 0.325 e. The standard InChI is InChI=1S/C26H25F2N3O4/c27-26(28)14-12-25(13-15-26)23(34)30(24(35)29-25)16-21(32)18-8-10-19(11-9-18)31-20-6-2-1-4-17(20)5-3-7-22(31)33/h1-2,4,6,8-11H,3,5,7,12-16H2,(H,29,35). The van der Waals surface area contributed by atoms with Crippen LogP contribution in [0.3, 0.4) is 0 Å². The SMILES string of the molecule is O=C(CN1C(=O)NC2(CCC(F)(F)CC2)C1=O)c1ccc(N2C(=O)CCCc3ccccc32)cc1. The number of nitrogens with zero attached hydrogens (tertiary/aromatic N) is 2. The molecule has 2 aromatic rings. The Kier molecular flexibility index (Phi) is 5.65. The Bertz CT molecular complexity index is 1200. The Morgan fingerprint density at radius 2 is 1.60 bits per heavy atom. The molecule has 0 radical (unpaired) electrons. The molecule has 1 aliphatic carbocycles. The van der Waals surface area contributed by atoms with E-state index < -0.39 is 48.6 Å². The highest BCUT2D eigenvalue weighted by Gasteiger charge is 2.55. The number of urea groups is 1. The van der Waals surface area contributed by atoms with Gasteiger partial charge in [-0.05, 0) is 61.6 Å². The summed E-state index contributed by atoms with van der Waals surface area (Å²) in [6.07, 6.45) is 0.690. The highest BCUT2D eigenvalue weighted by atomic mass is 19.3. The van der Waals surface area contributed by atoms with Gasteiger partial charge in [0, 0.05) is 30.5 Å². The van der Waals surface area contributed by atoms with Gasteiger partial charge >= 0.3 is 6.03 Å². The predicted octanol–water partition coefficient (Wildman–Crippen LogP) is 4.37. The normalized spacial score (nSPS) is 21.0. The van der Waals surface area contributed by atoms with Crippen molar-refractivity contribution in [3.63, 3.8) is 0 Å². The minimum atomic E-state index is -2.85. The number of rotatable bonds is 4. The van der Waals surface area contributed by atoms with E-state index in [0.29, 0.717) is 12.1 Å². The third-order valence-electron chi connectivity index (χ3n) is 7.15. The molecule has 5 rings (SSSR count). The Hall–Kier alpha value is -3.62. The van der Waals surface area contributed by atoms with Crippen LogP contribution in [0.5, 0.6) is 0 Å². The van der Waals surface area contributed by atoms with Crippen molar-refractivity contribution in [2.45, 2.75) is 56.4 Å². The number of fused-ring (bicyclic) bond motifs is 1. The van der Waals surface area contributed by atoms with Crippen LogP contribution in [0.15, 0.2) is 48.5 Å². The zero-order chi connectivity index (χ0) is 24.8. The Morgan fingerprint density at radius 3 is 2.31 bits per heavy atom. The van der Waals surface area contributed by atoms with Crippen molar-refractivity contribution in [3.05, 3.63) is 59.7 Å². The molecule has 182 valence electrons. The van der Waals surface area contributed by atoms with Gasteiger partial charge in [0.15, 0.2) is 5.78 Å². The van der Waals surface area contributed by atoms with E-state index in [9.17, 15) is 28.0 Å². The number of hydrogen-bond acceptors (Lipinski definition) is 4. The van der Waals surface area contributed by atoms with Gasteiger partial charge in [-0.1, -0.05) is 18.2 Å². The monoisotopic (exact) mass is 481 g/mol. The number of hydrogen-bond donors (Lipinski definition) is 1. The third kappa shape index (κ3) is 4.19. The lowest BCUT2D eigenvalue weighted by Crippen LogP contribution is -2.51. The molecule has 0 unspecified atom stereocenters. The molecule has 35 heavy (non-hydrogen) atoms. The Balaban J connectivity index is 1.32. The number of para-hydroxylation sites is 1. The van der Waals surface area contributed by atoms with Gasteiger partial charge in [-0.15, -0.1) is 0 Å². The summed E-state index contributed by atoms with van der Waals surface area (Å²) < 4.78 is 27.1. The topological polar surface area (TPSA) is 86.8 Å². The van der Waals surface area contributed by atoms with Crippen molar-refractivity contribution in [3.8, 4) is 0 Å². The van der Waals surface area contributed by atoms with Gasteiger partial charge in [-0.2, -0.15) is 0 Å². The Labute approximate surface area is 201 Å². The minimum absolute atomic E-state index is 0.0308. The number of halogens is 2. The minimum Gasteiger partial charge on any atom is -0.323 e. The molecule has 4 amide bonds. The van der Waals surface area contributed by atoms with Crippen molar-refractivity contribution >= 4 is 35.0 Å². The highest BCUT2D eigenvalue weighted by molar-refractivity contribution is 6.11. The third-order valence-corrected chi connectivity index (χ3v) is 7.15. The van der Waals surface area contributed by atoms with E-state index in [1.807, 2.05) is 24.3 Å². The number of benzene rings is 2. The van der Waals surface area contributed by atoms with Crippen molar-refractivity contribution in [2.75, 3.05) is 11.4 Å². The number of carbonyl (C=O) groups is 4. The van der Waals surface area contributed by atoms with Crippen LogP contribution in [0.2, 0.25) is 0 Å². The van der Waals surface area contributed by atoms with Crippen LogP contribution >= 0.6 is 0 Å². The van der Waals surface area contributed by atoms with E-state index in [4.69, 9.17) is 0 Å². The molecular formula is C26H25F2N3O4. The zero-order valence-corrected chi connectivity index (χ0v) is 19.1. The number of amides is 4. The fourth-order valence-corrected chi connectivity index (χ4v) is 5.13. The summed E-state index contributed by atoms with van der Waals surface area (Å²) in [5.74, 6) is -3.97. The molecule has 1 N–H and O–H groups in total. The number of alkyl halides is 2. The van der Waals surface area contributed by atoms with Gasteiger partial charge < -0.3 is 5.32 Å². The second-order valence-electron chi connectivity index (χ2n) is 9.44. The molecule has 0 atom stereocenters.